The molecule has 23 heavy (non-hydrogen) atoms. The smallest absolute Gasteiger partial charge is 0.232 e. The van der Waals surface area contributed by atoms with E-state index in [1.165, 1.54) is 0 Å². The van der Waals surface area contributed by atoms with E-state index < -0.39 is 0 Å². The number of ether oxygens (including phenoxy) is 1. The molecule has 2 heterocycles. The maximum atomic E-state index is 12.1. The number of pyridine rings is 1. The third-order valence-electron chi connectivity index (χ3n) is 3.41. The molecule has 1 aromatic carbocycles. The molecule has 1 amide bonds. The second-order valence-corrected chi connectivity index (χ2v) is 4.98. The van der Waals surface area contributed by atoms with Gasteiger partial charge in [0.25, 0.3) is 0 Å². The molecule has 1 N–H and O–H groups in total. The van der Waals surface area contributed by atoms with E-state index in [9.17, 15) is 9.59 Å². The first-order valence-corrected chi connectivity index (χ1v) is 7.05. The number of rotatable bonds is 5. The average molecular weight is 309 g/mol. The van der Waals surface area contributed by atoms with Crippen LogP contribution in [0.15, 0.2) is 55.0 Å². The fraction of sp³-hybridized carbons (Fsp3) is 0.118. The van der Waals surface area contributed by atoms with Crippen LogP contribution < -0.4 is 10.1 Å². The lowest BCUT2D eigenvalue weighted by Gasteiger charge is -2.06. The van der Waals surface area contributed by atoms with E-state index in [4.69, 9.17) is 4.74 Å². The molecule has 2 aromatic heterocycles. The number of carbonyl (C=O) groups excluding carboxylic acids is 2. The van der Waals surface area contributed by atoms with E-state index in [-0.39, 0.29) is 18.1 Å². The van der Waals surface area contributed by atoms with Crippen molar-refractivity contribution in [3.8, 4) is 5.75 Å². The first-order valence-electron chi connectivity index (χ1n) is 7.05. The number of nitrogens with zero attached hydrogens (tertiary/aromatic N) is 2. The molecule has 0 radical (unpaired) electrons. The summed E-state index contributed by atoms with van der Waals surface area (Å²) in [7, 11) is 1.56. The first-order chi connectivity index (χ1) is 11.2. The molecule has 0 aliphatic rings. The quantitative estimate of drug-likeness (QED) is 0.581. The number of ketones is 1. The summed E-state index contributed by atoms with van der Waals surface area (Å²) >= 11 is 0. The number of carbonyl (C=O) groups is 2. The highest BCUT2D eigenvalue weighted by Gasteiger charge is 2.12. The van der Waals surface area contributed by atoms with Crippen molar-refractivity contribution in [1.82, 2.24) is 9.38 Å². The molecule has 0 bridgehead atoms. The number of hydrogen-bond donors (Lipinski definition) is 1. The Morgan fingerprint density at radius 2 is 1.96 bits per heavy atom. The minimum atomic E-state index is -0.360. The topological polar surface area (TPSA) is 72.7 Å². The number of anilines is 1. The maximum absolute atomic E-state index is 12.1. The lowest BCUT2D eigenvalue weighted by atomic mass is 10.1. The summed E-state index contributed by atoms with van der Waals surface area (Å²) < 4.78 is 6.87. The van der Waals surface area contributed by atoms with Crippen LogP contribution in [0.25, 0.3) is 5.65 Å². The van der Waals surface area contributed by atoms with E-state index in [1.807, 2.05) is 10.6 Å². The molecule has 0 aliphatic carbocycles. The zero-order valence-corrected chi connectivity index (χ0v) is 12.5. The molecule has 3 rings (SSSR count). The molecular weight excluding hydrogens is 294 g/mol. The van der Waals surface area contributed by atoms with Crippen LogP contribution in [0.4, 0.5) is 5.69 Å². The second kappa shape index (κ2) is 6.31. The minimum Gasteiger partial charge on any atom is -0.497 e. The van der Waals surface area contributed by atoms with Crippen molar-refractivity contribution in [1.29, 1.82) is 0 Å². The fourth-order valence-corrected chi connectivity index (χ4v) is 2.22. The zero-order valence-electron chi connectivity index (χ0n) is 12.5. The van der Waals surface area contributed by atoms with Gasteiger partial charge in [-0.3, -0.25) is 9.59 Å². The van der Waals surface area contributed by atoms with Crippen molar-refractivity contribution in [2.45, 2.75) is 6.42 Å². The number of nitrogens with one attached hydrogen (secondary N) is 1. The van der Waals surface area contributed by atoms with Crippen LogP contribution >= 0.6 is 0 Å². The van der Waals surface area contributed by atoms with Gasteiger partial charge in [-0.25, -0.2) is 4.98 Å². The van der Waals surface area contributed by atoms with Gasteiger partial charge in [0.05, 0.1) is 13.5 Å². The summed E-state index contributed by atoms with van der Waals surface area (Å²) in [6.45, 7) is 0. The second-order valence-electron chi connectivity index (χ2n) is 4.98. The number of benzene rings is 1. The summed E-state index contributed by atoms with van der Waals surface area (Å²) in [6.07, 6.45) is 5.07. The summed E-state index contributed by atoms with van der Waals surface area (Å²) in [5.41, 5.74) is 1.81. The molecular formula is C17H15N3O3. The molecule has 6 heteroatoms. The van der Waals surface area contributed by atoms with Crippen molar-refractivity contribution < 1.29 is 14.3 Å². The van der Waals surface area contributed by atoms with Crippen LogP contribution in [-0.2, 0) is 4.79 Å². The number of methoxy groups -OCH3 is 1. The summed E-state index contributed by atoms with van der Waals surface area (Å²) in [4.78, 5) is 28.3. The summed E-state index contributed by atoms with van der Waals surface area (Å²) in [6, 6.07) is 10.2. The molecule has 0 fully saturated rings. The highest BCUT2D eigenvalue weighted by molar-refractivity contribution is 6.11. The SMILES string of the molecule is COc1ccc(C(=O)CC(=O)Nc2ccn3ccnc3c2)cc1. The van der Waals surface area contributed by atoms with Gasteiger partial charge in [0.1, 0.15) is 11.4 Å². The highest BCUT2D eigenvalue weighted by Crippen LogP contribution is 2.14. The van der Waals surface area contributed by atoms with Gasteiger partial charge in [-0.05, 0) is 30.3 Å². The highest BCUT2D eigenvalue weighted by atomic mass is 16.5. The Hall–Kier alpha value is -3.15. The fourth-order valence-electron chi connectivity index (χ4n) is 2.22. The lowest BCUT2D eigenvalue weighted by Crippen LogP contribution is -2.16. The number of hydrogen-bond acceptors (Lipinski definition) is 4. The van der Waals surface area contributed by atoms with E-state index in [0.29, 0.717) is 17.0 Å². The molecule has 0 aliphatic heterocycles. The van der Waals surface area contributed by atoms with E-state index in [0.717, 1.165) is 5.65 Å². The molecule has 0 saturated heterocycles. The third-order valence-corrected chi connectivity index (χ3v) is 3.41. The Morgan fingerprint density at radius 3 is 2.70 bits per heavy atom. The largest absolute Gasteiger partial charge is 0.497 e. The van der Waals surface area contributed by atoms with Gasteiger partial charge < -0.3 is 14.5 Å². The average Bonchev–Trinajstić information content (AvgIpc) is 3.02. The monoisotopic (exact) mass is 309 g/mol. The van der Waals surface area contributed by atoms with Crippen LogP contribution in [0.2, 0.25) is 0 Å². The van der Waals surface area contributed by atoms with Gasteiger partial charge >= 0.3 is 0 Å². The van der Waals surface area contributed by atoms with Crippen molar-refractivity contribution in [2.75, 3.05) is 12.4 Å². The normalized spacial score (nSPS) is 10.5. The van der Waals surface area contributed by atoms with Crippen molar-refractivity contribution in [3.63, 3.8) is 0 Å². The number of imidazole rings is 1. The van der Waals surface area contributed by atoms with Crippen molar-refractivity contribution >= 4 is 23.0 Å². The van der Waals surface area contributed by atoms with E-state index >= 15 is 0 Å². The molecule has 6 nitrogen and oxygen atoms in total. The minimum absolute atomic E-state index is 0.216. The van der Waals surface area contributed by atoms with Crippen molar-refractivity contribution in [2.24, 2.45) is 0 Å². The molecule has 0 unspecified atom stereocenters. The predicted octanol–water partition coefficient (Wildman–Crippen LogP) is 2.55. The lowest BCUT2D eigenvalue weighted by molar-refractivity contribution is -0.115. The van der Waals surface area contributed by atoms with E-state index in [1.54, 1.807) is 55.9 Å². The number of Topliss-reactive ketones (excluding diaryl/α,β-unsaturated/α-hetero) is 1. The van der Waals surface area contributed by atoms with Crippen LogP contribution in [-0.4, -0.2) is 28.2 Å². The van der Waals surface area contributed by atoms with Crippen LogP contribution in [0.3, 0.4) is 0 Å². The maximum Gasteiger partial charge on any atom is 0.232 e. The Balaban J connectivity index is 1.64. The van der Waals surface area contributed by atoms with Gasteiger partial charge in [-0.15, -0.1) is 0 Å². The number of amides is 1. The Kier molecular flexibility index (Phi) is 4.05. The van der Waals surface area contributed by atoms with Crippen LogP contribution in [0.1, 0.15) is 16.8 Å². The van der Waals surface area contributed by atoms with E-state index in [2.05, 4.69) is 10.3 Å². The Morgan fingerprint density at radius 1 is 1.17 bits per heavy atom. The summed E-state index contributed by atoms with van der Waals surface area (Å²) in [5.74, 6) is 0.0627. The molecule has 3 aromatic rings. The summed E-state index contributed by atoms with van der Waals surface area (Å²) in [5, 5.41) is 2.71. The van der Waals surface area contributed by atoms with Crippen molar-refractivity contribution in [3.05, 3.63) is 60.6 Å². The number of aromatic nitrogens is 2. The van der Waals surface area contributed by atoms with Gasteiger partial charge in [0, 0.05) is 35.9 Å². The third kappa shape index (κ3) is 3.37. The molecule has 116 valence electrons. The van der Waals surface area contributed by atoms with Crippen LogP contribution in [0, 0.1) is 0 Å². The van der Waals surface area contributed by atoms with Gasteiger partial charge in [0.15, 0.2) is 5.78 Å². The van der Waals surface area contributed by atoms with Gasteiger partial charge in [0.2, 0.25) is 5.91 Å². The Labute approximate surface area is 132 Å². The van der Waals surface area contributed by atoms with Gasteiger partial charge in [-0.1, -0.05) is 0 Å². The van der Waals surface area contributed by atoms with Crippen LogP contribution in [0.5, 0.6) is 5.75 Å². The molecule has 0 saturated carbocycles. The molecule has 0 spiro atoms. The number of fused-ring (bicyclic) bond motifs is 1. The zero-order chi connectivity index (χ0) is 16.2. The first kappa shape index (κ1) is 14.8. The standard InChI is InChI=1S/C17H15N3O3/c1-23-14-4-2-12(3-5-14)15(21)11-17(22)19-13-6-8-20-9-7-18-16(20)10-13/h2-10H,11H2,1H3,(H,19,22). The Bertz CT molecular complexity index is 853. The molecule has 0 atom stereocenters. The predicted molar refractivity (Wildman–Crippen MR) is 85.8 cm³/mol. The van der Waals surface area contributed by atoms with Gasteiger partial charge in [-0.2, -0.15) is 0 Å².